The Hall–Kier alpha value is -1.10. The topological polar surface area (TPSA) is 61.8 Å². The molecular formula is C15H26O5. The molecule has 0 radical (unpaired) electrons. The SMILES string of the molecule is CCOC(=O)C(OCCCC1CCCC1)C(=O)OCC. The molecule has 20 heavy (non-hydrogen) atoms. The van der Waals surface area contributed by atoms with Crippen molar-refractivity contribution in [2.24, 2.45) is 5.92 Å². The Labute approximate surface area is 121 Å². The molecule has 0 spiro atoms. The van der Waals surface area contributed by atoms with Crippen molar-refractivity contribution in [3.8, 4) is 0 Å². The van der Waals surface area contributed by atoms with E-state index in [4.69, 9.17) is 14.2 Å². The third kappa shape index (κ3) is 5.90. The minimum atomic E-state index is -1.24. The Morgan fingerprint density at radius 1 is 1.05 bits per heavy atom. The molecule has 0 bridgehead atoms. The van der Waals surface area contributed by atoms with E-state index < -0.39 is 18.0 Å². The fraction of sp³-hybridized carbons (Fsp3) is 0.867. The molecule has 1 aliphatic rings. The molecule has 1 aliphatic carbocycles. The Bertz CT molecular complexity index is 279. The van der Waals surface area contributed by atoms with Crippen molar-refractivity contribution in [2.75, 3.05) is 19.8 Å². The third-order valence-electron chi connectivity index (χ3n) is 3.52. The highest BCUT2D eigenvalue weighted by Crippen LogP contribution is 2.28. The van der Waals surface area contributed by atoms with E-state index in [1.807, 2.05) is 0 Å². The zero-order chi connectivity index (χ0) is 14.8. The quantitative estimate of drug-likeness (QED) is 0.370. The Balaban J connectivity index is 2.31. The molecule has 5 heteroatoms. The molecule has 0 aliphatic heterocycles. The number of hydrogen-bond acceptors (Lipinski definition) is 5. The van der Waals surface area contributed by atoms with Crippen molar-refractivity contribution in [1.82, 2.24) is 0 Å². The maximum atomic E-state index is 11.7. The summed E-state index contributed by atoms with van der Waals surface area (Å²) in [4.78, 5) is 23.3. The van der Waals surface area contributed by atoms with Gasteiger partial charge in [0.15, 0.2) is 0 Å². The van der Waals surface area contributed by atoms with Crippen molar-refractivity contribution in [3.63, 3.8) is 0 Å². The third-order valence-corrected chi connectivity index (χ3v) is 3.52. The minimum absolute atomic E-state index is 0.222. The maximum absolute atomic E-state index is 11.7. The normalized spacial score (nSPS) is 15.6. The largest absolute Gasteiger partial charge is 0.464 e. The van der Waals surface area contributed by atoms with Gasteiger partial charge in [-0.25, -0.2) is 9.59 Å². The van der Waals surface area contributed by atoms with Crippen LogP contribution in [0.3, 0.4) is 0 Å². The van der Waals surface area contributed by atoms with Gasteiger partial charge in [-0.15, -0.1) is 0 Å². The molecule has 0 atom stereocenters. The van der Waals surface area contributed by atoms with Crippen LogP contribution in [0.2, 0.25) is 0 Å². The van der Waals surface area contributed by atoms with Crippen molar-refractivity contribution >= 4 is 11.9 Å². The van der Waals surface area contributed by atoms with Crippen LogP contribution in [-0.4, -0.2) is 37.9 Å². The molecule has 0 heterocycles. The molecule has 0 amide bonds. The summed E-state index contributed by atoms with van der Waals surface area (Å²) < 4.78 is 15.1. The predicted molar refractivity (Wildman–Crippen MR) is 74.2 cm³/mol. The molecule has 1 fully saturated rings. The summed E-state index contributed by atoms with van der Waals surface area (Å²) >= 11 is 0. The second kappa shape index (κ2) is 9.75. The van der Waals surface area contributed by atoms with Gasteiger partial charge in [0.1, 0.15) is 0 Å². The lowest BCUT2D eigenvalue weighted by molar-refractivity contribution is -0.173. The first-order valence-electron chi connectivity index (χ1n) is 7.63. The molecule has 0 saturated heterocycles. The van der Waals surface area contributed by atoms with Crippen molar-refractivity contribution in [1.29, 1.82) is 0 Å². The van der Waals surface area contributed by atoms with E-state index in [0.29, 0.717) is 6.61 Å². The van der Waals surface area contributed by atoms with Gasteiger partial charge in [0, 0.05) is 6.61 Å². The molecule has 0 aromatic rings. The molecular weight excluding hydrogens is 260 g/mol. The van der Waals surface area contributed by atoms with E-state index in [1.54, 1.807) is 13.8 Å². The van der Waals surface area contributed by atoms with Crippen molar-refractivity contribution in [3.05, 3.63) is 0 Å². The predicted octanol–water partition coefficient (Wildman–Crippen LogP) is 2.47. The summed E-state index contributed by atoms with van der Waals surface area (Å²) in [6, 6.07) is 0. The fourth-order valence-electron chi connectivity index (χ4n) is 2.54. The second-order valence-electron chi connectivity index (χ2n) is 5.05. The fourth-order valence-corrected chi connectivity index (χ4v) is 2.54. The van der Waals surface area contributed by atoms with E-state index in [-0.39, 0.29) is 13.2 Å². The van der Waals surface area contributed by atoms with Crippen LogP contribution in [0.5, 0.6) is 0 Å². The van der Waals surface area contributed by atoms with Crippen molar-refractivity contribution < 1.29 is 23.8 Å². The first-order chi connectivity index (χ1) is 9.69. The Morgan fingerprint density at radius 3 is 2.10 bits per heavy atom. The number of carbonyl (C=O) groups excluding carboxylic acids is 2. The lowest BCUT2D eigenvalue weighted by Crippen LogP contribution is -2.36. The van der Waals surface area contributed by atoms with Gasteiger partial charge in [-0.1, -0.05) is 25.7 Å². The molecule has 0 aromatic heterocycles. The zero-order valence-corrected chi connectivity index (χ0v) is 12.6. The second-order valence-corrected chi connectivity index (χ2v) is 5.05. The summed E-state index contributed by atoms with van der Waals surface area (Å²) in [5.74, 6) is -0.541. The molecule has 1 saturated carbocycles. The van der Waals surface area contributed by atoms with Gasteiger partial charge in [-0.05, 0) is 32.6 Å². The average molecular weight is 286 g/mol. The lowest BCUT2D eigenvalue weighted by atomic mass is 10.0. The van der Waals surface area contributed by atoms with Crippen LogP contribution in [0.15, 0.2) is 0 Å². The highest BCUT2D eigenvalue weighted by Gasteiger charge is 2.30. The molecule has 0 aromatic carbocycles. The highest BCUT2D eigenvalue weighted by molar-refractivity contribution is 5.98. The van der Waals surface area contributed by atoms with Gasteiger partial charge >= 0.3 is 11.9 Å². The summed E-state index contributed by atoms with van der Waals surface area (Å²) in [5, 5.41) is 0. The average Bonchev–Trinajstić information content (AvgIpc) is 2.92. The van der Waals surface area contributed by atoms with Gasteiger partial charge in [0.2, 0.25) is 0 Å². The summed E-state index contributed by atoms with van der Waals surface area (Å²) in [6.07, 6.45) is 5.94. The van der Waals surface area contributed by atoms with Gasteiger partial charge in [-0.3, -0.25) is 0 Å². The van der Waals surface area contributed by atoms with E-state index in [2.05, 4.69) is 0 Å². The van der Waals surface area contributed by atoms with E-state index in [0.717, 1.165) is 18.8 Å². The molecule has 1 rings (SSSR count). The Morgan fingerprint density at radius 2 is 1.60 bits per heavy atom. The first kappa shape index (κ1) is 17.0. The van der Waals surface area contributed by atoms with Crippen LogP contribution in [-0.2, 0) is 23.8 Å². The number of ether oxygens (including phenoxy) is 3. The summed E-state index contributed by atoms with van der Waals surface area (Å²) in [7, 11) is 0. The van der Waals surface area contributed by atoms with Crippen LogP contribution < -0.4 is 0 Å². The monoisotopic (exact) mass is 286 g/mol. The summed E-state index contributed by atoms with van der Waals surface area (Å²) in [5.41, 5.74) is 0. The first-order valence-corrected chi connectivity index (χ1v) is 7.63. The molecule has 116 valence electrons. The van der Waals surface area contributed by atoms with Crippen molar-refractivity contribution in [2.45, 2.75) is 58.5 Å². The number of hydrogen-bond donors (Lipinski definition) is 0. The van der Waals surface area contributed by atoms with E-state index in [1.165, 1.54) is 25.7 Å². The number of esters is 2. The lowest BCUT2D eigenvalue weighted by Gasteiger charge is -2.15. The van der Waals surface area contributed by atoms with Gasteiger partial charge < -0.3 is 14.2 Å². The van der Waals surface area contributed by atoms with Gasteiger partial charge in [-0.2, -0.15) is 0 Å². The van der Waals surface area contributed by atoms with Crippen LogP contribution in [0, 0.1) is 5.92 Å². The molecule has 5 nitrogen and oxygen atoms in total. The van der Waals surface area contributed by atoms with Gasteiger partial charge in [0.25, 0.3) is 6.10 Å². The van der Waals surface area contributed by atoms with E-state index >= 15 is 0 Å². The molecule has 0 unspecified atom stereocenters. The van der Waals surface area contributed by atoms with Gasteiger partial charge in [0.05, 0.1) is 13.2 Å². The van der Waals surface area contributed by atoms with E-state index in [9.17, 15) is 9.59 Å². The van der Waals surface area contributed by atoms with Crippen LogP contribution in [0.4, 0.5) is 0 Å². The smallest absolute Gasteiger partial charge is 0.347 e. The Kier molecular flexibility index (Phi) is 8.26. The minimum Gasteiger partial charge on any atom is -0.464 e. The molecule has 0 N–H and O–H groups in total. The zero-order valence-electron chi connectivity index (χ0n) is 12.6. The maximum Gasteiger partial charge on any atom is 0.347 e. The van der Waals surface area contributed by atoms with Crippen LogP contribution in [0.1, 0.15) is 52.4 Å². The summed E-state index contributed by atoms with van der Waals surface area (Å²) in [6.45, 7) is 4.22. The van der Waals surface area contributed by atoms with Crippen LogP contribution in [0.25, 0.3) is 0 Å². The number of rotatable bonds is 9. The van der Waals surface area contributed by atoms with Crippen LogP contribution >= 0.6 is 0 Å². The standard InChI is InChI=1S/C15H26O5/c1-3-18-14(16)13(15(17)19-4-2)20-11-7-10-12-8-5-6-9-12/h12-13H,3-11H2,1-2H3. The number of carbonyl (C=O) groups is 2. The highest BCUT2D eigenvalue weighted by atomic mass is 16.6.